The zero-order chi connectivity index (χ0) is 15.0. The molecule has 0 spiro atoms. The topological polar surface area (TPSA) is 127 Å². The van der Waals surface area contributed by atoms with Crippen LogP contribution in [0.15, 0.2) is 24.3 Å². The van der Waals surface area contributed by atoms with Gasteiger partial charge in [-0.05, 0) is 43.9 Å². The smallest absolute Gasteiger partial charge is 0.296 e. The van der Waals surface area contributed by atoms with Gasteiger partial charge < -0.3 is 11.1 Å². The van der Waals surface area contributed by atoms with Gasteiger partial charge in [0.25, 0.3) is 10.2 Å². The van der Waals surface area contributed by atoms with Crippen molar-refractivity contribution in [3.8, 4) is 0 Å². The van der Waals surface area contributed by atoms with Crippen LogP contribution in [0.1, 0.15) is 19.8 Å². The number of carbonyl (C=O) groups is 1. The highest BCUT2D eigenvalue weighted by Crippen LogP contribution is 2.38. The third kappa shape index (κ3) is 3.69. The van der Waals surface area contributed by atoms with Crippen molar-refractivity contribution in [2.24, 2.45) is 16.8 Å². The molecule has 6 N–H and O–H groups in total. The van der Waals surface area contributed by atoms with Gasteiger partial charge in [0.1, 0.15) is 0 Å². The summed E-state index contributed by atoms with van der Waals surface area (Å²) in [6.07, 6.45) is 1.90. The quantitative estimate of drug-likeness (QED) is 0.626. The maximum atomic E-state index is 12.1. The first-order valence-electron chi connectivity index (χ1n) is 6.19. The number of hydrogen-bond donors (Lipinski definition) is 4. The molecule has 7 nitrogen and oxygen atoms in total. The minimum absolute atomic E-state index is 0.202. The predicted molar refractivity (Wildman–Crippen MR) is 77.1 cm³/mol. The van der Waals surface area contributed by atoms with Crippen LogP contribution in [0.2, 0.25) is 0 Å². The summed E-state index contributed by atoms with van der Waals surface area (Å²) < 4.78 is 24.0. The van der Waals surface area contributed by atoms with Crippen molar-refractivity contribution in [3.63, 3.8) is 0 Å². The molecule has 0 heterocycles. The summed E-state index contributed by atoms with van der Waals surface area (Å²) in [6.45, 7) is 1.70. The Balaban J connectivity index is 2.10. The Bertz CT molecular complexity index is 623. The molecule has 1 aromatic carbocycles. The number of amides is 1. The maximum Gasteiger partial charge on any atom is 0.296 e. The second kappa shape index (κ2) is 5.04. The van der Waals surface area contributed by atoms with E-state index in [1.54, 1.807) is 19.1 Å². The number of benzene rings is 1. The zero-order valence-corrected chi connectivity index (χ0v) is 11.9. The number of anilines is 2. The number of nitrogens with one attached hydrogen (secondary N) is 2. The Morgan fingerprint density at radius 1 is 1.35 bits per heavy atom. The molecule has 20 heavy (non-hydrogen) atoms. The van der Waals surface area contributed by atoms with Crippen molar-refractivity contribution >= 4 is 27.5 Å². The molecule has 1 atom stereocenters. The van der Waals surface area contributed by atoms with Crippen LogP contribution in [0.3, 0.4) is 0 Å². The third-order valence-corrected chi connectivity index (χ3v) is 3.82. The van der Waals surface area contributed by atoms with E-state index in [0.29, 0.717) is 5.69 Å². The van der Waals surface area contributed by atoms with E-state index >= 15 is 0 Å². The first kappa shape index (κ1) is 14.8. The molecular formula is C12H18N4O3S. The molecule has 1 aliphatic rings. The van der Waals surface area contributed by atoms with Crippen LogP contribution in [-0.2, 0) is 15.0 Å². The molecule has 8 heteroatoms. The number of hydrogen-bond acceptors (Lipinski definition) is 4. The van der Waals surface area contributed by atoms with Gasteiger partial charge in [0.15, 0.2) is 0 Å². The van der Waals surface area contributed by atoms with E-state index in [2.05, 4.69) is 10.0 Å². The van der Waals surface area contributed by atoms with E-state index in [9.17, 15) is 13.2 Å². The van der Waals surface area contributed by atoms with Gasteiger partial charge in [-0.3, -0.25) is 9.52 Å². The standard InChI is InChI=1S/C12H18N4O3S/c1-12(13,8-5-6-8)11(17)15-9-3-2-4-10(7-9)16-20(14,18)19/h2-4,7-8,16H,5-6,13H2,1H3,(H,15,17)(H2,14,18,19). The fourth-order valence-corrected chi connectivity index (χ4v) is 2.41. The van der Waals surface area contributed by atoms with Crippen LogP contribution in [0.25, 0.3) is 0 Å². The highest BCUT2D eigenvalue weighted by atomic mass is 32.2. The normalized spacial score (nSPS) is 18.1. The molecule has 2 rings (SSSR count). The third-order valence-electron chi connectivity index (χ3n) is 3.30. The molecule has 1 aromatic rings. The SMILES string of the molecule is CC(N)(C(=O)Nc1cccc(NS(N)(=O)=O)c1)C1CC1. The van der Waals surface area contributed by atoms with Crippen molar-refractivity contribution in [1.82, 2.24) is 0 Å². The van der Waals surface area contributed by atoms with Gasteiger partial charge in [0.05, 0.1) is 11.2 Å². The second-order valence-electron chi connectivity index (χ2n) is 5.24. The monoisotopic (exact) mass is 298 g/mol. The number of carbonyl (C=O) groups excluding carboxylic acids is 1. The first-order valence-corrected chi connectivity index (χ1v) is 7.74. The summed E-state index contributed by atoms with van der Waals surface area (Å²) in [4.78, 5) is 12.1. The van der Waals surface area contributed by atoms with E-state index in [1.165, 1.54) is 12.1 Å². The van der Waals surface area contributed by atoms with Crippen LogP contribution in [-0.4, -0.2) is 19.9 Å². The molecule has 0 radical (unpaired) electrons. The van der Waals surface area contributed by atoms with Crippen molar-refractivity contribution < 1.29 is 13.2 Å². The largest absolute Gasteiger partial charge is 0.324 e. The average molecular weight is 298 g/mol. The van der Waals surface area contributed by atoms with Crippen molar-refractivity contribution in [2.75, 3.05) is 10.0 Å². The lowest BCUT2D eigenvalue weighted by Gasteiger charge is -2.23. The Labute approximate surface area is 117 Å². The van der Waals surface area contributed by atoms with E-state index in [0.717, 1.165) is 12.8 Å². The molecule has 0 aromatic heterocycles. The molecule has 1 amide bonds. The molecule has 1 aliphatic carbocycles. The summed E-state index contributed by atoms with van der Waals surface area (Å²) in [5.41, 5.74) is 5.83. The zero-order valence-electron chi connectivity index (χ0n) is 11.1. The molecular weight excluding hydrogens is 280 g/mol. The van der Waals surface area contributed by atoms with E-state index in [-0.39, 0.29) is 17.5 Å². The molecule has 0 aliphatic heterocycles. The van der Waals surface area contributed by atoms with Gasteiger partial charge >= 0.3 is 0 Å². The van der Waals surface area contributed by atoms with Crippen LogP contribution >= 0.6 is 0 Å². The fourth-order valence-electron chi connectivity index (χ4n) is 1.96. The van der Waals surface area contributed by atoms with Gasteiger partial charge in [-0.1, -0.05) is 6.07 Å². The first-order chi connectivity index (χ1) is 9.18. The highest BCUT2D eigenvalue weighted by Gasteiger charge is 2.44. The van der Waals surface area contributed by atoms with E-state index < -0.39 is 15.7 Å². The Hall–Kier alpha value is -1.64. The minimum Gasteiger partial charge on any atom is -0.324 e. The van der Waals surface area contributed by atoms with E-state index in [4.69, 9.17) is 10.9 Å². The molecule has 110 valence electrons. The summed E-state index contributed by atoms with van der Waals surface area (Å²) in [6, 6.07) is 6.26. The maximum absolute atomic E-state index is 12.1. The Kier molecular flexibility index (Phi) is 3.72. The summed E-state index contributed by atoms with van der Waals surface area (Å²) in [7, 11) is -3.84. The highest BCUT2D eigenvalue weighted by molar-refractivity contribution is 7.90. The van der Waals surface area contributed by atoms with Gasteiger partial charge in [0.2, 0.25) is 5.91 Å². The van der Waals surface area contributed by atoms with Crippen LogP contribution in [0.5, 0.6) is 0 Å². The van der Waals surface area contributed by atoms with Gasteiger partial charge in [0, 0.05) is 5.69 Å². The lowest BCUT2D eigenvalue weighted by Crippen LogP contribution is -2.50. The molecule has 1 saturated carbocycles. The average Bonchev–Trinajstić information content (AvgIpc) is 3.10. The lowest BCUT2D eigenvalue weighted by molar-refractivity contribution is -0.121. The van der Waals surface area contributed by atoms with Gasteiger partial charge in [-0.2, -0.15) is 8.42 Å². The molecule has 1 unspecified atom stereocenters. The van der Waals surface area contributed by atoms with Crippen LogP contribution < -0.4 is 20.9 Å². The second-order valence-corrected chi connectivity index (χ2v) is 6.53. The minimum atomic E-state index is -3.84. The molecule has 1 fully saturated rings. The fraction of sp³-hybridized carbons (Fsp3) is 0.417. The van der Waals surface area contributed by atoms with Crippen LogP contribution in [0, 0.1) is 5.92 Å². The van der Waals surface area contributed by atoms with Crippen LogP contribution in [0.4, 0.5) is 11.4 Å². The molecule has 0 saturated heterocycles. The predicted octanol–water partition coefficient (Wildman–Crippen LogP) is 0.368. The summed E-state index contributed by atoms with van der Waals surface area (Å²) >= 11 is 0. The number of rotatable bonds is 5. The van der Waals surface area contributed by atoms with Crippen molar-refractivity contribution in [1.29, 1.82) is 0 Å². The van der Waals surface area contributed by atoms with Gasteiger partial charge in [-0.25, -0.2) is 5.14 Å². The summed E-state index contributed by atoms with van der Waals surface area (Å²) in [5, 5.41) is 7.58. The Morgan fingerprint density at radius 2 is 1.95 bits per heavy atom. The Morgan fingerprint density at radius 3 is 2.50 bits per heavy atom. The van der Waals surface area contributed by atoms with Crippen molar-refractivity contribution in [3.05, 3.63) is 24.3 Å². The van der Waals surface area contributed by atoms with Crippen molar-refractivity contribution in [2.45, 2.75) is 25.3 Å². The lowest BCUT2D eigenvalue weighted by atomic mass is 9.96. The molecule has 0 bridgehead atoms. The number of nitrogens with two attached hydrogens (primary N) is 2. The summed E-state index contributed by atoms with van der Waals surface area (Å²) in [5.74, 6) is -0.0824. The van der Waals surface area contributed by atoms with E-state index in [1.807, 2.05) is 0 Å². The van der Waals surface area contributed by atoms with Gasteiger partial charge in [-0.15, -0.1) is 0 Å².